The maximum atomic E-state index is 12.1. The Morgan fingerprint density at radius 3 is 2.70 bits per heavy atom. The summed E-state index contributed by atoms with van der Waals surface area (Å²) in [5.74, 6) is 0.130. The summed E-state index contributed by atoms with van der Waals surface area (Å²) in [6, 6.07) is 9.46. The van der Waals surface area contributed by atoms with Crippen LogP contribution in [-0.4, -0.2) is 18.1 Å². The number of benzene rings is 2. The van der Waals surface area contributed by atoms with Gasteiger partial charge in [0.2, 0.25) is 0 Å². The van der Waals surface area contributed by atoms with Crippen molar-refractivity contribution in [1.82, 2.24) is 0 Å². The van der Waals surface area contributed by atoms with Gasteiger partial charge < -0.3 is 20.9 Å². The Labute approximate surface area is 124 Å². The van der Waals surface area contributed by atoms with Crippen molar-refractivity contribution < 1.29 is 14.6 Å². The number of phenols is 1. The van der Waals surface area contributed by atoms with E-state index in [0.29, 0.717) is 17.0 Å². The molecule has 2 aromatic rings. The molecular formula is C14H13BrN2O3. The number of rotatable bonds is 3. The molecule has 0 aromatic heterocycles. The van der Waals surface area contributed by atoms with Crippen molar-refractivity contribution in [1.29, 1.82) is 0 Å². The number of methoxy groups -OCH3 is 1. The fourth-order valence-corrected chi connectivity index (χ4v) is 1.87. The van der Waals surface area contributed by atoms with E-state index in [0.717, 1.165) is 4.47 Å². The van der Waals surface area contributed by atoms with Crippen LogP contribution in [0.3, 0.4) is 0 Å². The highest BCUT2D eigenvalue weighted by atomic mass is 79.9. The van der Waals surface area contributed by atoms with Crippen molar-refractivity contribution in [2.24, 2.45) is 0 Å². The first kappa shape index (κ1) is 14.2. The lowest BCUT2D eigenvalue weighted by atomic mass is 10.2. The number of hydrogen-bond acceptors (Lipinski definition) is 4. The number of nitrogens with two attached hydrogens (primary N) is 1. The Morgan fingerprint density at radius 1 is 1.30 bits per heavy atom. The maximum absolute atomic E-state index is 12.1. The minimum atomic E-state index is -0.368. The highest BCUT2D eigenvalue weighted by Gasteiger charge is 2.11. The van der Waals surface area contributed by atoms with Gasteiger partial charge in [0.1, 0.15) is 11.5 Å². The number of phenolic OH excluding ortho intramolecular Hbond substituents is 1. The first-order valence-electron chi connectivity index (χ1n) is 5.74. The molecule has 0 radical (unpaired) electrons. The molecule has 0 aliphatic heterocycles. The van der Waals surface area contributed by atoms with Crippen LogP contribution in [0.2, 0.25) is 0 Å². The largest absolute Gasteiger partial charge is 0.506 e. The number of nitrogens with one attached hydrogen (secondary N) is 1. The molecule has 104 valence electrons. The van der Waals surface area contributed by atoms with Gasteiger partial charge in [-0.2, -0.15) is 0 Å². The summed E-state index contributed by atoms with van der Waals surface area (Å²) in [5, 5.41) is 12.3. The zero-order chi connectivity index (χ0) is 14.7. The van der Waals surface area contributed by atoms with Gasteiger partial charge in [0.25, 0.3) is 5.91 Å². The molecule has 6 heteroatoms. The first-order valence-corrected chi connectivity index (χ1v) is 6.54. The molecule has 0 aliphatic carbocycles. The zero-order valence-corrected chi connectivity index (χ0v) is 12.3. The van der Waals surface area contributed by atoms with Gasteiger partial charge in [-0.3, -0.25) is 4.79 Å². The monoisotopic (exact) mass is 336 g/mol. The van der Waals surface area contributed by atoms with Crippen LogP contribution in [0.4, 0.5) is 11.4 Å². The molecule has 0 saturated carbocycles. The minimum Gasteiger partial charge on any atom is -0.506 e. The average molecular weight is 337 g/mol. The second-order valence-corrected chi connectivity index (χ2v) is 4.93. The molecule has 1 amide bonds. The second kappa shape index (κ2) is 5.83. The number of carbonyl (C=O) groups excluding carboxylic acids is 1. The van der Waals surface area contributed by atoms with Gasteiger partial charge in [-0.15, -0.1) is 0 Å². The molecule has 0 spiro atoms. The molecule has 0 bridgehead atoms. The number of nitrogen functional groups attached to an aromatic ring is 1. The Morgan fingerprint density at radius 2 is 2.05 bits per heavy atom. The molecule has 0 atom stereocenters. The van der Waals surface area contributed by atoms with E-state index in [2.05, 4.69) is 21.2 Å². The molecule has 20 heavy (non-hydrogen) atoms. The van der Waals surface area contributed by atoms with E-state index in [9.17, 15) is 9.90 Å². The molecule has 0 unspecified atom stereocenters. The zero-order valence-electron chi connectivity index (χ0n) is 10.7. The predicted molar refractivity (Wildman–Crippen MR) is 81.2 cm³/mol. The minimum absolute atomic E-state index is 0.0377. The summed E-state index contributed by atoms with van der Waals surface area (Å²) < 4.78 is 5.76. The lowest BCUT2D eigenvalue weighted by Gasteiger charge is -2.10. The van der Waals surface area contributed by atoms with Crippen LogP contribution in [0.25, 0.3) is 0 Å². The summed E-state index contributed by atoms with van der Waals surface area (Å²) >= 11 is 3.26. The van der Waals surface area contributed by atoms with Gasteiger partial charge in [-0.25, -0.2) is 0 Å². The molecule has 4 N–H and O–H groups in total. The Balaban J connectivity index is 2.25. The van der Waals surface area contributed by atoms with E-state index in [1.54, 1.807) is 24.3 Å². The molecule has 0 saturated heterocycles. The van der Waals surface area contributed by atoms with Gasteiger partial charge in [-0.1, -0.05) is 0 Å². The average Bonchev–Trinajstić information content (AvgIpc) is 2.44. The van der Waals surface area contributed by atoms with E-state index in [1.165, 1.54) is 19.2 Å². The number of ether oxygens (including phenoxy) is 1. The Bertz CT molecular complexity index is 659. The van der Waals surface area contributed by atoms with Crippen molar-refractivity contribution in [2.75, 3.05) is 18.2 Å². The standard InChI is InChI=1S/C14H13BrN2O3/c1-20-9-3-5-13(18)12(7-9)17-14(19)8-2-4-10(15)11(16)6-8/h2-7,18H,16H2,1H3,(H,17,19). The third kappa shape index (κ3) is 3.03. The number of carbonyl (C=O) groups is 1. The molecule has 0 heterocycles. The maximum Gasteiger partial charge on any atom is 0.255 e. The highest BCUT2D eigenvalue weighted by molar-refractivity contribution is 9.10. The molecule has 2 aromatic carbocycles. The number of anilines is 2. The van der Waals surface area contributed by atoms with Crippen LogP contribution in [0.5, 0.6) is 11.5 Å². The van der Waals surface area contributed by atoms with E-state index < -0.39 is 0 Å². The van der Waals surface area contributed by atoms with E-state index in [4.69, 9.17) is 10.5 Å². The molecule has 2 rings (SSSR count). The quantitative estimate of drug-likeness (QED) is 0.594. The van der Waals surface area contributed by atoms with Gasteiger partial charge in [0, 0.05) is 21.8 Å². The van der Waals surface area contributed by atoms with Crippen LogP contribution < -0.4 is 15.8 Å². The van der Waals surface area contributed by atoms with Crippen LogP contribution in [0, 0.1) is 0 Å². The number of halogens is 1. The van der Waals surface area contributed by atoms with Crippen LogP contribution >= 0.6 is 15.9 Å². The lowest BCUT2D eigenvalue weighted by Crippen LogP contribution is -2.12. The van der Waals surface area contributed by atoms with Crippen molar-refractivity contribution >= 4 is 33.2 Å². The molecular weight excluding hydrogens is 324 g/mol. The summed E-state index contributed by atoms with van der Waals surface area (Å²) in [6.07, 6.45) is 0. The molecule has 5 nitrogen and oxygen atoms in total. The fourth-order valence-electron chi connectivity index (χ4n) is 1.62. The van der Waals surface area contributed by atoms with Gasteiger partial charge >= 0.3 is 0 Å². The summed E-state index contributed by atoms with van der Waals surface area (Å²) in [7, 11) is 1.51. The van der Waals surface area contributed by atoms with Crippen LogP contribution in [-0.2, 0) is 0 Å². The van der Waals surface area contributed by atoms with E-state index >= 15 is 0 Å². The topological polar surface area (TPSA) is 84.6 Å². The number of hydrogen-bond donors (Lipinski definition) is 3. The van der Waals surface area contributed by atoms with Gasteiger partial charge in [0.15, 0.2) is 0 Å². The Hall–Kier alpha value is -2.21. The van der Waals surface area contributed by atoms with Crippen LogP contribution in [0.15, 0.2) is 40.9 Å². The third-order valence-electron chi connectivity index (χ3n) is 2.71. The highest BCUT2D eigenvalue weighted by Crippen LogP contribution is 2.28. The third-order valence-corrected chi connectivity index (χ3v) is 3.43. The van der Waals surface area contributed by atoms with Crippen molar-refractivity contribution in [3.8, 4) is 11.5 Å². The van der Waals surface area contributed by atoms with Gasteiger partial charge in [-0.05, 0) is 46.3 Å². The summed E-state index contributed by atoms with van der Waals surface area (Å²) in [5.41, 5.74) is 6.87. The lowest BCUT2D eigenvalue weighted by molar-refractivity contribution is 0.102. The van der Waals surface area contributed by atoms with Crippen molar-refractivity contribution in [2.45, 2.75) is 0 Å². The normalized spacial score (nSPS) is 10.1. The first-order chi connectivity index (χ1) is 9.51. The smallest absolute Gasteiger partial charge is 0.255 e. The summed E-state index contributed by atoms with van der Waals surface area (Å²) in [4.78, 5) is 12.1. The van der Waals surface area contributed by atoms with Crippen LogP contribution in [0.1, 0.15) is 10.4 Å². The Kier molecular flexibility index (Phi) is 4.14. The van der Waals surface area contributed by atoms with E-state index in [-0.39, 0.29) is 17.3 Å². The van der Waals surface area contributed by atoms with Gasteiger partial charge in [0.05, 0.1) is 12.8 Å². The summed E-state index contributed by atoms with van der Waals surface area (Å²) in [6.45, 7) is 0. The molecule has 0 fully saturated rings. The van der Waals surface area contributed by atoms with Crippen molar-refractivity contribution in [3.05, 3.63) is 46.4 Å². The second-order valence-electron chi connectivity index (χ2n) is 4.07. The van der Waals surface area contributed by atoms with Crippen molar-refractivity contribution in [3.63, 3.8) is 0 Å². The van der Waals surface area contributed by atoms with E-state index in [1.807, 2.05) is 0 Å². The fraction of sp³-hybridized carbons (Fsp3) is 0.0714. The predicted octanol–water partition coefficient (Wildman–Crippen LogP) is 3.00. The number of amides is 1. The molecule has 0 aliphatic rings. The SMILES string of the molecule is COc1ccc(O)c(NC(=O)c2ccc(Br)c(N)c2)c1. The number of aromatic hydroxyl groups is 1.